The van der Waals surface area contributed by atoms with Crippen molar-refractivity contribution in [3.8, 4) is 0 Å². The zero-order valence-corrected chi connectivity index (χ0v) is 19.6. The van der Waals surface area contributed by atoms with Crippen molar-refractivity contribution in [3.63, 3.8) is 0 Å². The minimum absolute atomic E-state index is 0.179. The van der Waals surface area contributed by atoms with E-state index in [0.717, 1.165) is 49.4 Å². The number of anilines is 2. The number of hydrogen-bond donors (Lipinski definition) is 0. The lowest BCUT2D eigenvalue weighted by atomic mass is 10.0. The lowest BCUT2D eigenvalue weighted by molar-refractivity contribution is 0.141. The molecule has 2 aliphatic heterocycles. The lowest BCUT2D eigenvalue weighted by Crippen LogP contribution is -2.43. The van der Waals surface area contributed by atoms with Crippen LogP contribution in [-0.2, 0) is 4.57 Å². The van der Waals surface area contributed by atoms with Crippen LogP contribution in [0.15, 0.2) is 91.0 Å². The van der Waals surface area contributed by atoms with E-state index in [4.69, 9.17) is 0 Å². The van der Waals surface area contributed by atoms with Crippen LogP contribution in [0.1, 0.15) is 37.5 Å². The molecular weight excluding hydrogens is 413 g/mol. The summed E-state index contributed by atoms with van der Waals surface area (Å²) in [4.78, 5) is 2.52. The zero-order valence-electron chi connectivity index (χ0n) is 18.8. The van der Waals surface area contributed by atoms with Gasteiger partial charge in [-0.05, 0) is 56.1 Å². The smallest absolute Gasteiger partial charge is 0.284 e. The van der Waals surface area contributed by atoms with Gasteiger partial charge in [0.1, 0.15) is 5.78 Å². The van der Waals surface area contributed by atoms with Gasteiger partial charge in [-0.1, -0.05) is 73.2 Å². The van der Waals surface area contributed by atoms with E-state index in [2.05, 4.69) is 75.8 Å². The summed E-state index contributed by atoms with van der Waals surface area (Å²) in [5.74, 6) is -0.179. The highest BCUT2D eigenvalue weighted by atomic mass is 31.2. The van der Waals surface area contributed by atoms with Crippen LogP contribution in [0.2, 0.25) is 0 Å². The molecule has 2 unspecified atom stereocenters. The van der Waals surface area contributed by atoms with E-state index < -0.39 is 7.44 Å². The molecule has 2 saturated heterocycles. The second kappa shape index (κ2) is 9.13. The van der Waals surface area contributed by atoms with E-state index in [9.17, 15) is 0 Å². The molecular formula is C27H32N3OP. The van der Waals surface area contributed by atoms with E-state index in [-0.39, 0.29) is 5.78 Å². The first kappa shape index (κ1) is 21.3. The van der Waals surface area contributed by atoms with Crippen molar-refractivity contribution in [2.75, 3.05) is 29.0 Å². The van der Waals surface area contributed by atoms with Crippen LogP contribution in [0.5, 0.6) is 0 Å². The van der Waals surface area contributed by atoms with Gasteiger partial charge in [0.2, 0.25) is 0 Å². The van der Waals surface area contributed by atoms with Crippen LogP contribution in [0.25, 0.3) is 0 Å². The fourth-order valence-electron chi connectivity index (χ4n) is 5.35. The Bertz CT molecular complexity index is 1010. The summed E-state index contributed by atoms with van der Waals surface area (Å²) in [6.45, 7) is 4.79. The van der Waals surface area contributed by atoms with Crippen molar-refractivity contribution >= 4 is 18.8 Å². The Morgan fingerprint density at radius 2 is 1.22 bits per heavy atom. The second-order valence-electron chi connectivity index (χ2n) is 8.87. The summed E-state index contributed by atoms with van der Waals surface area (Å²) in [6.07, 6.45) is 3.55. The molecule has 0 bridgehead atoms. The van der Waals surface area contributed by atoms with E-state index >= 15 is 4.57 Å². The van der Waals surface area contributed by atoms with E-state index in [0.29, 0.717) is 6.04 Å². The molecule has 2 heterocycles. The van der Waals surface area contributed by atoms with Crippen molar-refractivity contribution in [1.29, 1.82) is 0 Å². The van der Waals surface area contributed by atoms with Gasteiger partial charge in [-0.2, -0.15) is 0 Å². The van der Waals surface area contributed by atoms with Gasteiger partial charge in [0.05, 0.1) is 0 Å². The van der Waals surface area contributed by atoms with Crippen molar-refractivity contribution in [3.05, 3.63) is 96.6 Å². The Balaban J connectivity index is 1.70. The molecule has 0 spiro atoms. The highest BCUT2D eigenvalue weighted by Gasteiger charge is 2.52. The molecule has 166 valence electrons. The lowest BCUT2D eigenvalue weighted by Gasteiger charge is -2.46. The van der Waals surface area contributed by atoms with Gasteiger partial charge in [-0.25, -0.2) is 0 Å². The van der Waals surface area contributed by atoms with Gasteiger partial charge < -0.3 is 9.34 Å². The van der Waals surface area contributed by atoms with E-state index in [1.807, 2.05) is 36.4 Å². The van der Waals surface area contributed by atoms with Crippen LogP contribution in [-0.4, -0.2) is 30.6 Å². The number of rotatable bonds is 5. The first-order valence-electron chi connectivity index (χ1n) is 11.8. The maximum absolute atomic E-state index is 15.6. The summed E-state index contributed by atoms with van der Waals surface area (Å²) in [7, 11) is -3.08. The Morgan fingerprint density at radius 1 is 0.719 bits per heavy atom. The second-order valence-corrected chi connectivity index (χ2v) is 11.5. The molecule has 0 N–H and O–H groups in total. The van der Waals surface area contributed by atoms with Crippen LogP contribution in [0, 0.1) is 0 Å². The largest absolute Gasteiger partial charge is 0.304 e. The predicted octanol–water partition coefficient (Wildman–Crippen LogP) is 6.78. The third kappa shape index (κ3) is 3.76. The Hall–Kier alpha value is -2.55. The third-order valence-electron chi connectivity index (χ3n) is 6.91. The zero-order chi connectivity index (χ0) is 22.0. The Labute approximate surface area is 191 Å². The first-order chi connectivity index (χ1) is 15.7. The fourth-order valence-corrected chi connectivity index (χ4v) is 9.11. The van der Waals surface area contributed by atoms with Crippen LogP contribution < -0.4 is 9.34 Å². The van der Waals surface area contributed by atoms with Gasteiger partial charge in [-0.3, -0.25) is 9.46 Å². The van der Waals surface area contributed by atoms with Gasteiger partial charge in [0.15, 0.2) is 0 Å². The maximum Gasteiger partial charge on any atom is 0.284 e. The monoisotopic (exact) mass is 445 g/mol. The topological polar surface area (TPSA) is 26.8 Å². The molecule has 0 saturated carbocycles. The molecule has 0 radical (unpaired) electrons. The molecule has 3 aromatic carbocycles. The average Bonchev–Trinajstić information content (AvgIpc) is 3.20. The van der Waals surface area contributed by atoms with Crippen LogP contribution in [0.4, 0.5) is 11.4 Å². The number of benzene rings is 3. The molecule has 0 amide bonds. The van der Waals surface area contributed by atoms with Gasteiger partial charge in [-0.15, -0.1) is 0 Å². The number of piperidine rings is 1. The summed E-state index contributed by atoms with van der Waals surface area (Å²) >= 11 is 0. The van der Waals surface area contributed by atoms with Crippen molar-refractivity contribution in [2.45, 2.75) is 38.0 Å². The first-order valence-corrected chi connectivity index (χ1v) is 13.4. The molecule has 5 rings (SSSR count). The molecule has 2 atom stereocenters. The summed E-state index contributed by atoms with van der Waals surface area (Å²) in [5, 5.41) is 0. The maximum atomic E-state index is 15.6. The van der Waals surface area contributed by atoms with Crippen LogP contribution in [0.3, 0.4) is 0 Å². The molecule has 0 aliphatic carbocycles. The molecule has 5 heteroatoms. The summed E-state index contributed by atoms with van der Waals surface area (Å²) < 4.78 is 20.0. The minimum atomic E-state index is -3.08. The fraction of sp³-hybridized carbons (Fsp3) is 0.333. The number of likely N-dealkylation sites (tertiary alicyclic amines) is 1. The van der Waals surface area contributed by atoms with Crippen molar-refractivity contribution < 1.29 is 4.57 Å². The van der Waals surface area contributed by atoms with E-state index in [1.165, 1.54) is 6.42 Å². The Kier molecular flexibility index (Phi) is 6.08. The van der Waals surface area contributed by atoms with Crippen molar-refractivity contribution in [1.82, 2.24) is 4.90 Å². The average molecular weight is 446 g/mol. The molecule has 3 aromatic rings. The van der Waals surface area contributed by atoms with E-state index in [1.54, 1.807) is 0 Å². The van der Waals surface area contributed by atoms with Crippen molar-refractivity contribution in [2.24, 2.45) is 0 Å². The molecule has 32 heavy (non-hydrogen) atoms. The highest BCUT2D eigenvalue weighted by molar-refractivity contribution is 7.67. The molecule has 4 nitrogen and oxygen atoms in total. The minimum Gasteiger partial charge on any atom is -0.304 e. The SMILES string of the molecule is CC1CCCCN1C(c1ccccc1)P1(=O)N(c2ccccc2)CCN1c1ccccc1. The highest BCUT2D eigenvalue weighted by Crippen LogP contribution is 2.70. The number of para-hydroxylation sites is 2. The molecule has 0 aromatic heterocycles. The summed E-state index contributed by atoms with van der Waals surface area (Å²) in [6, 6.07) is 31.6. The molecule has 2 fully saturated rings. The van der Waals surface area contributed by atoms with Gasteiger partial charge in [0.25, 0.3) is 7.44 Å². The standard InChI is InChI=1S/C27H32N3OP/c1-23-13-11-12-20-28(23)27(24-14-5-2-6-15-24)32(31)29(25-16-7-3-8-17-25)21-22-30(32)26-18-9-4-10-19-26/h2-10,14-19,23,27H,11-13,20-22H2,1H3. The quantitative estimate of drug-likeness (QED) is 0.405. The predicted molar refractivity (Wildman–Crippen MR) is 134 cm³/mol. The summed E-state index contributed by atoms with van der Waals surface area (Å²) in [5.41, 5.74) is 3.23. The normalized spacial score (nSPS) is 22.1. The van der Waals surface area contributed by atoms with Gasteiger partial charge >= 0.3 is 0 Å². The molecule has 2 aliphatic rings. The van der Waals surface area contributed by atoms with Crippen LogP contribution >= 0.6 is 7.44 Å². The number of nitrogens with zero attached hydrogens (tertiary/aromatic N) is 3. The van der Waals surface area contributed by atoms with Gasteiger partial charge in [0, 0.05) is 30.5 Å². The Morgan fingerprint density at radius 3 is 1.72 bits per heavy atom. The third-order valence-corrected chi connectivity index (χ3v) is 10.4. The number of hydrogen-bond acceptors (Lipinski definition) is 2.